The van der Waals surface area contributed by atoms with Gasteiger partial charge in [0.05, 0.1) is 30.2 Å². The zero-order chi connectivity index (χ0) is 26.8. The molecule has 2 aromatic carbocycles. The number of aromatic nitrogens is 2. The van der Waals surface area contributed by atoms with Gasteiger partial charge in [-0.05, 0) is 35.7 Å². The molecule has 0 saturated carbocycles. The van der Waals surface area contributed by atoms with Gasteiger partial charge >= 0.3 is 11.7 Å². The molecule has 3 N–H and O–H groups in total. The minimum Gasteiger partial charge on any atom is -0.495 e. The molecule has 0 spiro atoms. The normalized spacial score (nSPS) is 11.4. The van der Waals surface area contributed by atoms with E-state index in [1.54, 1.807) is 12.1 Å². The number of H-pyrrole nitrogens is 1. The Morgan fingerprint density at radius 1 is 1.08 bits per heavy atom. The number of methoxy groups -OCH3 is 1. The zero-order valence-electron chi connectivity index (χ0n) is 20.3. The maximum Gasteiger partial charge on any atom is 0.337 e. The van der Waals surface area contributed by atoms with Crippen LogP contribution in [-0.2, 0) is 15.4 Å². The Morgan fingerprint density at radius 2 is 1.75 bits per heavy atom. The summed E-state index contributed by atoms with van der Waals surface area (Å²) in [6.07, 6.45) is 2.31. The van der Waals surface area contributed by atoms with Crippen LogP contribution >= 0.6 is 0 Å². The highest BCUT2D eigenvalue weighted by atomic mass is 32.2. The van der Waals surface area contributed by atoms with Gasteiger partial charge in [0.1, 0.15) is 5.75 Å². The van der Waals surface area contributed by atoms with Crippen molar-refractivity contribution in [1.29, 1.82) is 0 Å². The van der Waals surface area contributed by atoms with Crippen LogP contribution < -0.4 is 20.7 Å². The average molecular weight is 512 g/mol. The summed E-state index contributed by atoms with van der Waals surface area (Å²) in [6, 6.07) is 8.57. The van der Waals surface area contributed by atoms with Crippen molar-refractivity contribution in [2.45, 2.75) is 26.2 Å². The lowest BCUT2D eigenvalue weighted by Gasteiger charge is -2.24. The number of sulfonamides is 1. The molecule has 0 aliphatic rings. The second-order valence-corrected chi connectivity index (χ2v) is 10.7. The predicted octanol–water partition coefficient (Wildman–Crippen LogP) is 2.30. The van der Waals surface area contributed by atoms with Gasteiger partial charge in [0.15, 0.2) is 0 Å². The molecule has 3 aromatic rings. The minimum atomic E-state index is -3.60. The number of hydrogen-bond acceptors (Lipinski definition) is 6. The number of aromatic carboxylic acids is 1. The summed E-state index contributed by atoms with van der Waals surface area (Å²) in [5, 5.41) is 9.65. The van der Waals surface area contributed by atoms with E-state index in [-0.39, 0.29) is 16.8 Å². The number of rotatable bonds is 5. The van der Waals surface area contributed by atoms with Crippen molar-refractivity contribution in [2.75, 3.05) is 18.1 Å². The van der Waals surface area contributed by atoms with E-state index in [9.17, 15) is 27.9 Å². The predicted molar refractivity (Wildman–Crippen MR) is 136 cm³/mol. The van der Waals surface area contributed by atoms with Crippen LogP contribution in [0, 0.1) is 11.8 Å². The van der Waals surface area contributed by atoms with Gasteiger partial charge in [-0.15, -0.1) is 0 Å². The maximum atomic E-state index is 12.4. The van der Waals surface area contributed by atoms with Gasteiger partial charge in [-0.25, -0.2) is 18.0 Å². The Morgan fingerprint density at radius 3 is 2.31 bits per heavy atom. The molecule has 0 saturated heterocycles. The molecule has 3 rings (SSSR count). The summed E-state index contributed by atoms with van der Waals surface area (Å²) in [6.45, 7) is 5.87. The summed E-state index contributed by atoms with van der Waals surface area (Å²) in [7, 11) is -2.12. The first-order chi connectivity index (χ1) is 16.7. The molecule has 0 aliphatic heterocycles. The number of aromatic amines is 1. The average Bonchev–Trinajstić information content (AvgIpc) is 2.75. The monoisotopic (exact) mass is 511 g/mol. The molecule has 1 aromatic heterocycles. The van der Waals surface area contributed by atoms with E-state index in [0.29, 0.717) is 17.0 Å². The number of benzene rings is 2. The third-order valence-electron chi connectivity index (χ3n) is 5.07. The van der Waals surface area contributed by atoms with Gasteiger partial charge in [-0.1, -0.05) is 32.6 Å². The molecule has 0 unspecified atom stereocenters. The molecule has 188 valence electrons. The summed E-state index contributed by atoms with van der Waals surface area (Å²) in [5.41, 5.74) is -0.000771. The molecule has 0 fully saturated rings. The standard InChI is InChI=1S/C25H25N3O7S/c1-25(2,3)20-14-18(28-11-10-21(29)26-24(28)32)12-16(22(20)35-4)7-6-15-8-9-17(27-36(5,33)34)13-19(15)23(30)31/h8-14,27H,1-5H3,(H,30,31)(H,26,29,32). The summed E-state index contributed by atoms with van der Waals surface area (Å²) in [5.74, 6) is 4.92. The van der Waals surface area contributed by atoms with Crippen LogP contribution in [0.1, 0.15) is 47.8 Å². The van der Waals surface area contributed by atoms with Crippen molar-refractivity contribution < 1.29 is 23.1 Å². The molecular formula is C25H25N3O7S. The molecule has 36 heavy (non-hydrogen) atoms. The molecule has 0 bridgehead atoms. The van der Waals surface area contributed by atoms with Gasteiger partial charge in [0.25, 0.3) is 5.56 Å². The van der Waals surface area contributed by atoms with Crippen molar-refractivity contribution >= 4 is 21.7 Å². The number of ether oxygens (including phenoxy) is 1. The molecule has 10 nitrogen and oxygen atoms in total. The minimum absolute atomic E-state index is 0.0903. The van der Waals surface area contributed by atoms with E-state index in [4.69, 9.17) is 4.74 Å². The number of carboxylic acids is 1. The molecule has 0 radical (unpaired) electrons. The Kier molecular flexibility index (Phi) is 7.13. The van der Waals surface area contributed by atoms with Crippen LogP contribution in [0.2, 0.25) is 0 Å². The fourth-order valence-corrected chi connectivity index (χ4v) is 4.04. The van der Waals surface area contributed by atoms with Crippen molar-refractivity contribution in [3.63, 3.8) is 0 Å². The van der Waals surface area contributed by atoms with Crippen LogP contribution in [0.4, 0.5) is 5.69 Å². The van der Waals surface area contributed by atoms with E-state index in [2.05, 4.69) is 21.5 Å². The Bertz CT molecular complexity index is 1630. The Balaban J connectivity index is 2.24. The van der Waals surface area contributed by atoms with E-state index < -0.39 is 32.7 Å². The van der Waals surface area contributed by atoms with Gasteiger partial charge in [0.2, 0.25) is 10.0 Å². The fraction of sp³-hybridized carbons (Fsp3) is 0.240. The number of anilines is 1. The molecule has 0 aliphatic carbocycles. The van der Waals surface area contributed by atoms with Crippen LogP contribution in [0.3, 0.4) is 0 Å². The number of carbonyl (C=O) groups is 1. The third kappa shape index (κ3) is 6.03. The number of hydrogen-bond donors (Lipinski definition) is 3. The summed E-state index contributed by atoms with van der Waals surface area (Å²) >= 11 is 0. The molecule has 0 amide bonds. The Labute approximate surface area is 207 Å². The van der Waals surface area contributed by atoms with Crippen molar-refractivity contribution in [2.24, 2.45) is 0 Å². The quantitative estimate of drug-likeness (QED) is 0.445. The highest BCUT2D eigenvalue weighted by Gasteiger charge is 2.23. The van der Waals surface area contributed by atoms with E-state index >= 15 is 0 Å². The molecule has 0 atom stereocenters. The second-order valence-electron chi connectivity index (χ2n) is 8.99. The third-order valence-corrected chi connectivity index (χ3v) is 5.68. The van der Waals surface area contributed by atoms with Crippen LogP contribution in [-0.4, -0.2) is 42.4 Å². The Hall–Kier alpha value is -4.30. The largest absolute Gasteiger partial charge is 0.495 e. The highest BCUT2D eigenvalue weighted by Crippen LogP contribution is 2.36. The first-order valence-corrected chi connectivity index (χ1v) is 12.5. The van der Waals surface area contributed by atoms with Crippen molar-refractivity contribution in [1.82, 2.24) is 9.55 Å². The van der Waals surface area contributed by atoms with Gasteiger partial charge in [-0.2, -0.15) is 0 Å². The van der Waals surface area contributed by atoms with Crippen molar-refractivity contribution in [3.05, 3.63) is 85.7 Å². The molecule has 1 heterocycles. The molecule has 11 heteroatoms. The van der Waals surface area contributed by atoms with Crippen molar-refractivity contribution in [3.8, 4) is 23.3 Å². The van der Waals surface area contributed by atoms with E-state index in [1.165, 1.54) is 42.1 Å². The van der Waals surface area contributed by atoms with Gasteiger partial charge in [0, 0.05) is 29.1 Å². The number of nitrogens with one attached hydrogen (secondary N) is 2. The van der Waals surface area contributed by atoms with Gasteiger partial charge in [-0.3, -0.25) is 19.1 Å². The molecular weight excluding hydrogens is 486 g/mol. The van der Waals surface area contributed by atoms with E-state index in [0.717, 1.165) is 11.8 Å². The number of nitrogens with zero attached hydrogens (tertiary/aromatic N) is 1. The van der Waals surface area contributed by atoms with Crippen LogP contribution in [0.15, 0.2) is 52.2 Å². The van der Waals surface area contributed by atoms with Crippen LogP contribution in [0.5, 0.6) is 5.75 Å². The van der Waals surface area contributed by atoms with Crippen LogP contribution in [0.25, 0.3) is 5.69 Å². The van der Waals surface area contributed by atoms with Gasteiger partial charge < -0.3 is 9.84 Å². The summed E-state index contributed by atoms with van der Waals surface area (Å²) < 4.78 is 32.2. The summed E-state index contributed by atoms with van der Waals surface area (Å²) in [4.78, 5) is 38.0. The first-order valence-electron chi connectivity index (χ1n) is 10.6. The number of carboxylic acid groups (broad SMARTS) is 1. The lowest BCUT2D eigenvalue weighted by molar-refractivity contribution is 0.0696. The SMILES string of the molecule is COc1c(C#Cc2ccc(NS(C)(=O)=O)cc2C(=O)O)cc(-n2ccc(=O)[nH]c2=O)cc1C(C)(C)C. The lowest BCUT2D eigenvalue weighted by Crippen LogP contribution is -2.28. The van der Waals surface area contributed by atoms with E-state index in [1.807, 2.05) is 20.8 Å². The topological polar surface area (TPSA) is 148 Å². The maximum absolute atomic E-state index is 12.4. The zero-order valence-corrected chi connectivity index (χ0v) is 21.1. The first kappa shape index (κ1) is 26.3. The second kappa shape index (κ2) is 9.75. The fourth-order valence-electron chi connectivity index (χ4n) is 3.49. The lowest BCUT2D eigenvalue weighted by atomic mass is 9.84. The highest BCUT2D eigenvalue weighted by molar-refractivity contribution is 7.92. The smallest absolute Gasteiger partial charge is 0.337 e.